The SMILES string of the molecule is CC(=O)SCCc1cccc(C(=O)O)c1C. The van der Waals surface area contributed by atoms with Crippen molar-refractivity contribution in [1.29, 1.82) is 0 Å². The molecule has 1 N–H and O–H groups in total. The van der Waals surface area contributed by atoms with Crippen molar-refractivity contribution in [1.82, 2.24) is 0 Å². The molecular formula is C12H14O3S. The number of carboxylic acids is 1. The highest BCUT2D eigenvalue weighted by molar-refractivity contribution is 8.13. The molecule has 0 fully saturated rings. The van der Waals surface area contributed by atoms with Crippen LogP contribution in [-0.2, 0) is 11.2 Å². The van der Waals surface area contributed by atoms with E-state index in [4.69, 9.17) is 5.11 Å². The lowest BCUT2D eigenvalue weighted by Gasteiger charge is -2.07. The number of aryl methyl sites for hydroxylation is 1. The van der Waals surface area contributed by atoms with Crippen molar-refractivity contribution in [3.05, 3.63) is 34.9 Å². The van der Waals surface area contributed by atoms with Crippen LogP contribution in [0.3, 0.4) is 0 Å². The monoisotopic (exact) mass is 238 g/mol. The van der Waals surface area contributed by atoms with Gasteiger partial charge in [0.25, 0.3) is 0 Å². The van der Waals surface area contributed by atoms with Crippen molar-refractivity contribution in [3.8, 4) is 0 Å². The lowest BCUT2D eigenvalue weighted by Crippen LogP contribution is -2.03. The number of hydrogen-bond acceptors (Lipinski definition) is 3. The van der Waals surface area contributed by atoms with Gasteiger partial charge in [-0.3, -0.25) is 4.79 Å². The minimum Gasteiger partial charge on any atom is -0.478 e. The van der Waals surface area contributed by atoms with Crippen LogP contribution in [0.4, 0.5) is 0 Å². The molecule has 0 heterocycles. The van der Waals surface area contributed by atoms with Gasteiger partial charge in [0, 0.05) is 12.7 Å². The predicted octanol–water partition coefficient (Wildman–Crippen LogP) is 2.52. The number of carbonyl (C=O) groups excluding carboxylic acids is 1. The van der Waals surface area contributed by atoms with E-state index in [-0.39, 0.29) is 5.12 Å². The average Bonchev–Trinajstić information content (AvgIpc) is 2.19. The lowest BCUT2D eigenvalue weighted by molar-refractivity contribution is -0.109. The summed E-state index contributed by atoms with van der Waals surface area (Å²) >= 11 is 1.26. The maximum absolute atomic E-state index is 10.9. The van der Waals surface area contributed by atoms with Crippen LogP contribution in [0.1, 0.15) is 28.4 Å². The third-order valence-electron chi connectivity index (χ3n) is 2.35. The minimum absolute atomic E-state index is 0.0899. The Balaban J connectivity index is 2.77. The van der Waals surface area contributed by atoms with Crippen LogP contribution in [0.25, 0.3) is 0 Å². The molecule has 0 saturated heterocycles. The third kappa shape index (κ3) is 3.38. The van der Waals surface area contributed by atoms with E-state index in [1.165, 1.54) is 18.7 Å². The molecule has 0 aliphatic carbocycles. The van der Waals surface area contributed by atoms with Gasteiger partial charge in [-0.05, 0) is 30.5 Å². The molecule has 0 aromatic heterocycles. The molecule has 0 unspecified atom stereocenters. The molecule has 0 amide bonds. The van der Waals surface area contributed by atoms with Gasteiger partial charge in [0.15, 0.2) is 5.12 Å². The van der Waals surface area contributed by atoms with Crippen molar-refractivity contribution >= 4 is 22.8 Å². The van der Waals surface area contributed by atoms with Gasteiger partial charge >= 0.3 is 5.97 Å². The smallest absolute Gasteiger partial charge is 0.335 e. The van der Waals surface area contributed by atoms with E-state index in [2.05, 4.69) is 0 Å². The third-order valence-corrected chi connectivity index (χ3v) is 3.17. The van der Waals surface area contributed by atoms with E-state index >= 15 is 0 Å². The van der Waals surface area contributed by atoms with Gasteiger partial charge in [-0.1, -0.05) is 23.9 Å². The van der Waals surface area contributed by atoms with Crippen LogP contribution < -0.4 is 0 Å². The summed E-state index contributed by atoms with van der Waals surface area (Å²) in [6.45, 7) is 3.34. The lowest BCUT2D eigenvalue weighted by atomic mass is 10.0. The predicted molar refractivity (Wildman–Crippen MR) is 65.0 cm³/mol. The van der Waals surface area contributed by atoms with Gasteiger partial charge in [0.05, 0.1) is 5.56 Å². The molecule has 0 aliphatic heterocycles. The largest absolute Gasteiger partial charge is 0.478 e. The highest BCUT2D eigenvalue weighted by atomic mass is 32.2. The maximum atomic E-state index is 10.9. The Hall–Kier alpha value is -1.29. The van der Waals surface area contributed by atoms with Gasteiger partial charge in [0.2, 0.25) is 0 Å². The summed E-state index contributed by atoms with van der Waals surface area (Å²) in [7, 11) is 0. The molecule has 0 radical (unpaired) electrons. The first-order valence-corrected chi connectivity index (χ1v) is 5.96. The Morgan fingerprint density at radius 1 is 1.38 bits per heavy atom. The summed E-state index contributed by atoms with van der Waals surface area (Å²) in [4.78, 5) is 21.7. The standard InChI is InChI=1S/C12H14O3S/c1-8-10(6-7-16-9(2)13)4-3-5-11(8)12(14)15/h3-5H,6-7H2,1-2H3,(H,14,15). The van der Waals surface area contributed by atoms with Crippen molar-refractivity contribution in [2.24, 2.45) is 0 Å². The van der Waals surface area contributed by atoms with Crippen LogP contribution in [0, 0.1) is 6.92 Å². The summed E-state index contributed by atoms with van der Waals surface area (Å²) in [5, 5.41) is 9.03. The van der Waals surface area contributed by atoms with Crippen molar-refractivity contribution in [3.63, 3.8) is 0 Å². The minimum atomic E-state index is -0.904. The van der Waals surface area contributed by atoms with Crippen molar-refractivity contribution in [2.45, 2.75) is 20.3 Å². The molecular weight excluding hydrogens is 224 g/mol. The van der Waals surface area contributed by atoms with Crippen LogP contribution in [0.5, 0.6) is 0 Å². The zero-order chi connectivity index (χ0) is 12.1. The molecule has 1 aromatic carbocycles. The second-order valence-electron chi connectivity index (χ2n) is 3.48. The first-order chi connectivity index (χ1) is 7.52. The number of carboxylic acid groups (broad SMARTS) is 1. The van der Waals surface area contributed by atoms with Crippen LogP contribution in [-0.4, -0.2) is 21.9 Å². The zero-order valence-electron chi connectivity index (χ0n) is 9.32. The Bertz CT molecular complexity index is 413. The molecule has 1 aromatic rings. The Morgan fingerprint density at radius 2 is 2.06 bits per heavy atom. The summed E-state index contributed by atoms with van der Waals surface area (Å²) in [5.74, 6) is -0.210. The number of hydrogen-bond donors (Lipinski definition) is 1. The molecule has 0 aliphatic rings. The fourth-order valence-electron chi connectivity index (χ4n) is 1.49. The maximum Gasteiger partial charge on any atom is 0.335 e. The number of rotatable bonds is 4. The average molecular weight is 238 g/mol. The molecule has 0 spiro atoms. The molecule has 0 bridgehead atoms. The number of benzene rings is 1. The van der Waals surface area contributed by atoms with Crippen LogP contribution in [0.2, 0.25) is 0 Å². The molecule has 0 atom stereocenters. The number of carbonyl (C=O) groups is 2. The molecule has 16 heavy (non-hydrogen) atoms. The van der Waals surface area contributed by atoms with E-state index in [0.717, 1.165) is 17.5 Å². The highest BCUT2D eigenvalue weighted by Crippen LogP contribution is 2.16. The van der Waals surface area contributed by atoms with Gasteiger partial charge in [-0.25, -0.2) is 4.79 Å². The molecule has 1 rings (SSSR count). The van der Waals surface area contributed by atoms with Crippen LogP contribution >= 0.6 is 11.8 Å². The highest BCUT2D eigenvalue weighted by Gasteiger charge is 2.09. The van der Waals surface area contributed by atoms with Gasteiger partial charge in [-0.15, -0.1) is 0 Å². The summed E-state index contributed by atoms with van der Waals surface area (Å²) in [5.41, 5.74) is 2.12. The van der Waals surface area contributed by atoms with Crippen molar-refractivity contribution < 1.29 is 14.7 Å². The van der Waals surface area contributed by atoms with Gasteiger partial charge in [0.1, 0.15) is 0 Å². The Labute approximate surface area is 98.9 Å². The van der Waals surface area contributed by atoms with E-state index in [1.807, 2.05) is 6.07 Å². The van der Waals surface area contributed by atoms with E-state index < -0.39 is 5.97 Å². The Morgan fingerprint density at radius 3 is 2.62 bits per heavy atom. The normalized spacial score (nSPS) is 10.1. The first kappa shape index (κ1) is 12.8. The fraction of sp³-hybridized carbons (Fsp3) is 0.333. The number of thioether (sulfide) groups is 1. The zero-order valence-corrected chi connectivity index (χ0v) is 10.1. The molecule has 0 saturated carbocycles. The van der Waals surface area contributed by atoms with Crippen LogP contribution in [0.15, 0.2) is 18.2 Å². The Kier molecular flexibility index (Phi) is 4.55. The van der Waals surface area contributed by atoms with Gasteiger partial charge in [-0.2, -0.15) is 0 Å². The van der Waals surface area contributed by atoms with Crippen molar-refractivity contribution in [2.75, 3.05) is 5.75 Å². The number of aromatic carboxylic acids is 1. The summed E-state index contributed by atoms with van der Waals surface area (Å²) < 4.78 is 0. The molecule has 86 valence electrons. The summed E-state index contributed by atoms with van der Waals surface area (Å²) in [6.07, 6.45) is 0.719. The second kappa shape index (κ2) is 5.70. The molecule has 3 nitrogen and oxygen atoms in total. The molecule has 4 heteroatoms. The quantitative estimate of drug-likeness (QED) is 0.875. The topological polar surface area (TPSA) is 54.4 Å². The second-order valence-corrected chi connectivity index (χ2v) is 4.76. The van der Waals surface area contributed by atoms with E-state index in [0.29, 0.717) is 11.3 Å². The van der Waals surface area contributed by atoms with E-state index in [9.17, 15) is 9.59 Å². The first-order valence-electron chi connectivity index (χ1n) is 4.97. The fourth-order valence-corrected chi connectivity index (χ4v) is 2.10. The van der Waals surface area contributed by atoms with Gasteiger partial charge < -0.3 is 5.11 Å². The van der Waals surface area contributed by atoms with E-state index in [1.54, 1.807) is 19.1 Å². The summed E-state index contributed by atoms with van der Waals surface area (Å²) in [6, 6.07) is 5.24.